The van der Waals surface area contributed by atoms with E-state index >= 15 is 0 Å². The molecule has 0 saturated heterocycles. The second-order valence-corrected chi connectivity index (χ2v) is 5.45. The van der Waals surface area contributed by atoms with Gasteiger partial charge in [-0.1, -0.05) is 32.6 Å². The van der Waals surface area contributed by atoms with Gasteiger partial charge in [-0.25, -0.2) is 0 Å². The monoisotopic (exact) mass is 225 g/mol. The Kier molecular flexibility index (Phi) is 3.18. The van der Waals surface area contributed by atoms with E-state index in [0.717, 1.165) is 18.8 Å². The second kappa shape index (κ2) is 5.84. The molecule has 2 atom stereocenters. The maximum Gasteiger partial charge on any atom is 0.132 e. The molecule has 2 saturated carbocycles. The molecule has 1 unspecified atom stereocenters. The lowest BCUT2D eigenvalue weighted by molar-refractivity contribution is -0.121. The van der Waals surface area contributed by atoms with Crippen LogP contribution in [0.25, 0.3) is 0 Å². The lowest BCUT2D eigenvalue weighted by Gasteiger charge is -2.35. The van der Waals surface area contributed by atoms with Crippen LogP contribution in [0.3, 0.4) is 0 Å². The molecular formula is C15H26O. The van der Waals surface area contributed by atoms with Crippen molar-refractivity contribution in [2.45, 2.75) is 71.1 Å². The third kappa shape index (κ3) is 3.09. The van der Waals surface area contributed by atoms with Crippen molar-refractivity contribution in [1.29, 1.82) is 0 Å². The summed E-state index contributed by atoms with van der Waals surface area (Å²) in [4.78, 5) is 11.5. The Labute approximate surface area is 104 Å². The smallest absolute Gasteiger partial charge is 0.132 e. The Bertz CT molecular complexity index is 321. The maximum atomic E-state index is 11.5. The van der Waals surface area contributed by atoms with Gasteiger partial charge in [0.05, 0.1) is 0 Å². The van der Waals surface area contributed by atoms with Gasteiger partial charge in [0.2, 0.25) is 0 Å². The minimum Gasteiger partial charge on any atom is -0.300 e. The highest BCUT2D eigenvalue weighted by molar-refractivity contribution is 5.79. The average molecular weight is 225 g/mol. The minimum absolute atomic E-state index is 0.0297. The first kappa shape index (κ1) is 8.72. The van der Waals surface area contributed by atoms with Crippen LogP contribution in [-0.2, 0) is 4.79 Å². The Balaban J connectivity index is 1.99. The summed E-state index contributed by atoms with van der Waals surface area (Å²) < 4.78 is 24.4. The van der Waals surface area contributed by atoms with Crippen LogP contribution >= 0.6 is 0 Å². The highest BCUT2D eigenvalue weighted by Crippen LogP contribution is 2.40. The van der Waals surface area contributed by atoms with Gasteiger partial charge in [0.15, 0.2) is 0 Å². The third-order valence-corrected chi connectivity index (χ3v) is 4.23. The summed E-state index contributed by atoms with van der Waals surface area (Å²) in [7, 11) is 0. The third-order valence-electron chi connectivity index (χ3n) is 4.23. The highest BCUT2D eigenvalue weighted by Gasteiger charge is 2.29. The molecular weight excluding hydrogens is 196 g/mol. The lowest BCUT2D eigenvalue weighted by atomic mass is 9.70. The fourth-order valence-electron chi connectivity index (χ4n) is 3.25. The number of hydrogen-bond donors (Lipinski definition) is 0. The van der Waals surface area contributed by atoms with Crippen LogP contribution in [-0.4, -0.2) is 5.78 Å². The first-order chi connectivity index (χ1) is 8.94. The zero-order valence-corrected chi connectivity index (χ0v) is 10.4. The van der Waals surface area contributed by atoms with Crippen LogP contribution in [0.2, 0.25) is 0 Å². The van der Waals surface area contributed by atoms with E-state index in [9.17, 15) is 4.79 Å². The molecule has 0 aromatic heterocycles. The van der Waals surface area contributed by atoms with Crippen molar-refractivity contribution < 1.29 is 8.91 Å². The molecule has 2 aliphatic carbocycles. The number of carbonyl (C=O) groups is 1. The molecule has 2 aliphatic rings. The normalized spacial score (nSPS) is 46.8. The molecule has 92 valence electrons. The molecule has 0 heterocycles. The van der Waals surface area contributed by atoms with Gasteiger partial charge in [0, 0.05) is 17.0 Å². The van der Waals surface area contributed by atoms with Gasteiger partial charge in [-0.05, 0) is 43.4 Å². The molecule has 0 amide bonds. The van der Waals surface area contributed by atoms with Crippen LogP contribution in [0, 0.1) is 17.8 Å². The van der Waals surface area contributed by atoms with E-state index in [-0.39, 0.29) is 24.5 Å². The Morgan fingerprint density at radius 3 is 2.56 bits per heavy atom. The molecule has 2 rings (SSSR count). The Morgan fingerprint density at radius 2 is 1.94 bits per heavy atom. The van der Waals surface area contributed by atoms with Gasteiger partial charge in [-0.3, -0.25) is 4.79 Å². The number of rotatable bonds is 3. The number of ketones is 1. The highest BCUT2D eigenvalue weighted by atomic mass is 16.1. The van der Waals surface area contributed by atoms with Crippen molar-refractivity contribution in [2.24, 2.45) is 17.8 Å². The quantitative estimate of drug-likeness (QED) is 0.698. The second-order valence-electron chi connectivity index (χ2n) is 5.45. The van der Waals surface area contributed by atoms with Gasteiger partial charge in [-0.15, -0.1) is 0 Å². The molecule has 0 aliphatic heterocycles. The summed E-state index contributed by atoms with van der Waals surface area (Å²) in [5.74, 6) is 0.828. The van der Waals surface area contributed by atoms with Crippen molar-refractivity contribution in [2.75, 3.05) is 0 Å². The topological polar surface area (TPSA) is 17.1 Å². The predicted octanol–water partition coefficient (Wildman–Crippen LogP) is 4.35. The van der Waals surface area contributed by atoms with Gasteiger partial charge in [0.1, 0.15) is 5.78 Å². The van der Waals surface area contributed by atoms with Crippen molar-refractivity contribution in [3.8, 4) is 0 Å². The minimum atomic E-state index is -1.45. The van der Waals surface area contributed by atoms with Crippen LogP contribution in [0.1, 0.15) is 75.2 Å². The molecule has 1 nitrogen and oxygen atoms in total. The van der Waals surface area contributed by atoms with Crippen LogP contribution in [0.15, 0.2) is 0 Å². The zero-order chi connectivity index (χ0) is 14.0. The van der Waals surface area contributed by atoms with E-state index in [0.29, 0.717) is 5.92 Å². The Hall–Kier alpha value is -0.330. The van der Waals surface area contributed by atoms with Gasteiger partial charge in [0.25, 0.3) is 0 Å². The molecule has 0 N–H and O–H groups in total. The summed E-state index contributed by atoms with van der Waals surface area (Å²) in [6.07, 6.45) is 5.31. The van der Waals surface area contributed by atoms with E-state index in [1.807, 2.05) is 0 Å². The first-order valence-corrected chi connectivity index (χ1v) is 6.88. The fraction of sp³-hybridized carbons (Fsp3) is 0.933. The van der Waals surface area contributed by atoms with Crippen molar-refractivity contribution in [3.05, 3.63) is 0 Å². The molecule has 0 bridgehead atoms. The van der Waals surface area contributed by atoms with Crippen molar-refractivity contribution in [1.82, 2.24) is 0 Å². The molecule has 0 radical (unpaired) electrons. The van der Waals surface area contributed by atoms with Crippen molar-refractivity contribution in [3.63, 3.8) is 0 Å². The van der Waals surface area contributed by atoms with Crippen LogP contribution in [0.5, 0.6) is 0 Å². The maximum absolute atomic E-state index is 11.5. The standard InChI is InChI=1S/C15H26O/c1-2-3-12-4-6-13(7-5-12)14-8-10-15(16)11-9-14/h12-14H,2-11H2,1H3/i8D,9D2/t8-,12?,13?,14?/m0/s1. The number of carbonyl (C=O) groups excluding carboxylic acids is 1. The van der Waals surface area contributed by atoms with E-state index < -0.39 is 12.8 Å². The first-order valence-electron chi connectivity index (χ1n) is 8.45. The molecule has 2 fully saturated rings. The molecule has 1 heteroatoms. The fourth-order valence-corrected chi connectivity index (χ4v) is 3.25. The summed E-state index contributed by atoms with van der Waals surface area (Å²) >= 11 is 0. The largest absolute Gasteiger partial charge is 0.300 e. The summed E-state index contributed by atoms with van der Waals surface area (Å²) in [5.41, 5.74) is 0. The van der Waals surface area contributed by atoms with E-state index in [1.54, 1.807) is 0 Å². The molecule has 0 aromatic carbocycles. The molecule has 16 heavy (non-hydrogen) atoms. The van der Waals surface area contributed by atoms with E-state index in [4.69, 9.17) is 4.11 Å². The SMILES string of the molecule is [2H][C@H]1CC(=O)CC([2H])([2H])C1C1CCC(CCC)CC1. The van der Waals surface area contributed by atoms with Crippen molar-refractivity contribution >= 4 is 5.78 Å². The zero-order valence-electron chi connectivity index (χ0n) is 13.4. The van der Waals surface area contributed by atoms with Gasteiger partial charge in [-0.2, -0.15) is 0 Å². The Morgan fingerprint density at radius 1 is 1.19 bits per heavy atom. The predicted molar refractivity (Wildman–Crippen MR) is 67.3 cm³/mol. The van der Waals surface area contributed by atoms with E-state index in [2.05, 4.69) is 6.92 Å². The van der Waals surface area contributed by atoms with Gasteiger partial charge >= 0.3 is 0 Å². The number of hydrogen-bond acceptors (Lipinski definition) is 1. The summed E-state index contributed by atoms with van der Waals surface area (Å²) in [6, 6.07) is 0. The van der Waals surface area contributed by atoms with Crippen LogP contribution < -0.4 is 0 Å². The average Bonchev–Trinajstić information content (AvgIpc) is 2.29. The lowest BCUT2D eigenvalue weighted by Crippen LogP contribution is -2.25. The van der Waals surface area contributed by atoms with Gasteiger partial charge < -0.3 is 0 Å². The summed E-state index contributed by atoms with van der Waals surface area (Å²) in [5, 5.41) is 0. The van der Waals surface area contributed by atoms with E-state index in [1.165, 1.54) is 25.7 Å². The summed E-state index contributed by atoms with van der Waals surface area (Å²) in [6.45, 7) is 2.22. The molecule has 0 spiro atoms. The van der Waals surface area contributed by atoms with Crippen LogP contribution in [0.4, 0.5) is 0 Å². The number of Topliss-reactive ketones (excluding diaryl/α,β-unsaturated/α-hetero) is 1. The molecule has 0 aromatic rings.